The standard InChI is InChI=1S/C26H42N4O3S/c1-6-29(7-2)18-11-21-33-26-16-14-25(15-17-26)23(3)30(20-19-28(5)27-4)34(31,32)22-24-12-9-8-10-13-24/h8-10,12-17,23,27H,6-7,11,18-22H2,1-5H3. The first kappa shape index (κ1) is 28.3. The number of hydrogen-bond acceptors (Lipinski definition) is 6. The Bertz CT molecular complexity index is 919. The third kappa shape index (κ3) is 9.00. The first-order valence-electron chi connectivity index (χ1n) is 12.2. The molecule has 0 bridgehead atoms. The van der Waals surface area contributed by atoms with Crippen molar-refractivity contribution in [2.45, 2.75) is 39.0 Å². The summed E-state index contributed by atoms with van der Waals surface area (Å²) in [7, 11) is 0.203. The number of hydrazine groups is 1. The van der Waals surface area contributed by atoms with Crippen LogP contribution in [-0.4, -0.2) is 76.1 Å². The molecule has 0 radical (unpaired) electrons. The first-order valence-corrected chi connectivity index (χ1v) is 13.8. The molecular formula is C26H42N4O3S. The minimum absolute atomic E-state index is 0.0187. The van der Waals surface area contributed by atoms with Gasteiger partial charge in [-0.25, -0.2) is 13.4 Å². The van der Waals surface area contributed by atoms with E-state index in [0.717, 1.165) is 42.9 Å². The molecule has 0 aromatic heterocycles. The second-order valence-corrected chi connectivity index (χ2v) is 10.4. The van der Waals surface area contributed by atoms with Crippen molar-refractivity contribution in [3.8, 4) is 5.75 Å². The summed E-state index contributed by atoms with van der Waals surface area (Å²) in [6, 6.07) is 16.9. The van der Waals surface area contributed by atoms with E-state index in [0.29, 0.717) is 19.7 Å². The number of likely N-dealkylation sites (N-methyl/N-ethyl adjacent to an activating group) is 1. The molecule has 2 aromatic rings. The Morgan fingerprint density at radius 2 is 1.59 bits per heavy atom. The largest absolute Gasteiger partial charge is 0.494 e. The van der Waals surface area contributed by atoms with E-state index in [1.807, 2.05) is 80.6 Å². The lowest BCUT2D eigenvalue weighted by molar-refractivity contribution is 0.222. The van der Waals surface area contributed by atoms with E-state index in [4.69, 9.17) is 4.74 Å². The molecule has 0 fully saturated rings. The monoisotopic (exact) mass is 490 g/mol. The van der Waals surface area contributed by atoms with Gasteiger partial charge in [0.15, 0.2) is 0 Å². The molecule has 0 amide bonds. The van der Waals surface area contributed by atoms with Gasteiger partial charge in [-0.3, -0.25) is 5.43 Å². The number of rotatable bonds is 16. The Labute approximate surface area is 206 Å². The maximum Gasteiger partial charge on any atom is 0.218 e. The molecule has 34 heavy (non-hydrogen) atoms. The van der Waals surface area contributed by atoms with Crippen LogP contribution in [-0.2, 0) is 15.8 Å². The minimum Gasteiger partial charge on any atom is -0.494 e. The van der Waals surface area contributed by atoms with Crippen molar-refractivity contribution in [3.05, 3.63) is 65.7 Å². The average molecular weight is 491 g/mol. The second kappa shape index (κ2) is 14.4. The zero-order valence-electron chi connectivity index (χ0n) is 21.4. The Balaban J connectivity index is 2.08. The van der Waals surface area contributed by atoms with Crippen molar-refractivity contribution >= 4 is 10.0 Å². The highest BCUT2D eigenvalue weighted by atomic mass is 32.2. The van der Waals surface area contributed by atoms with Crippen LogP contribution in [0.1, 0.15) is 44.4 Å². The fraction of sp³-hybridized carbons (Fsp3) is 0.538. The van der Waals surface area contributed by atoms with Crippen molar-refractivity contribution in [2.24, 2.45) is 0 Å². The summed E-state index contributed by atoms with van der Waals surface area (Å²) >= 11 is 0. The number of nitrogens with zero attached hydrogens (tertiary/aromatic N) is 3. The van der Waals surface area contributed by atoms with Gasteiger partial charge in [0.2, 0.25) is 10.0 Å². The number of ether oxygens (including phenoxy) is 1. The summed E-state index contributed by atoms with van der Waals surface area (Å²) in [4.78, 5) is 2.38. The van der Waals surface area contributed by atoms with Gasteiger partial charge in [-0.2, -0.15) is 4.31 Å². The van der Waals surface area contributed by atoms with E-state index >= 15 is 0 Å². The van der Waals surface area contributed by atoms with E-state index in [2.05, 4.69) is 24.2 Å². The van der Waals surface area contributed by atoms with E-state index < -0.39 is 10.0 Å². The van der Waals surface area contributed by atoms with Crippen LogP contribution in [0.3, 0.4) is 0 Å². The minimum atomic E-state index is -3.52. The van der Waals surface area contributed by atoms with Gasteiger partial charge < -0.3 is 9.64 Å². The lowest BCUT2D eigenvalue weighted by atomic mass is 10.1. The average Bonchev–Trinajstić information content (AvgIpc) is 2.84. The van der Waals surface area contributed by atoms with Gasteiger partial charge in [-0.1, -0.05) is 56.3 Å². The van der Waals surface area contributed by atoms with Crippen LogP contribution >= 0.6 is 0 Å². The van der Waals surface area contributed by atoms with Crippen LogP contribution in [0.2, 0.25) is 0 Å². The maximum atomic E-state index is 13.4. The smallest absolute Gasteiger partial charge is 0.218 e. The van der Waals surface area contributed by atoms with Crippen molar-refractivity contribution in [2.75, 3.05) is 53.4 Å². The first-order chi connectivity index (χ1) is 16.3. The molecule has 0 saturated carbocycles. The molecule has 2 rings (SSSR count). The maximum absolute atomic E-state index is 13.4. The molecular weight excluding hydrogens is 448 g/mol. The van der Waals surface area contributed by atoms with Gasteiger partial charge >= 0.3 is 0 Å². The Morgan fingerprint density at radius 3 is 2.18 bits per heavy atom. The molecule has 8 heteroatoms. The van der Waals surface area contributed by atoms with E-state index in [-0.39, 0.29) is 11.8 Å². The molecule has 1 N–H and O–H groups in total. The van der Waals surface area contributed by atoms with Crippen LogP contribution in [0.15, 0.2) is 54.6 Å². The fourth-order valence-electron chi connectivity index (χ4n) is 3.83. The van der Waals surface area contributed by atoms with E-state index in [1.54, 1.807) is 4.31 Å². The van der Waals surface area contributed by atoms with Crippen LogP contribution in [0, 0.1) is 0 Å². The number of benzene rings is 2. The second-order valence-electron chi connectivity index (χ2n) is 8.47. The third-order valence-electron chi connectivity index (χ3n) is 6.16. The zero-order valence-corrected chi connectivity index (χ0v) is 22.2. The topological polar surface area (TPSA) is 65.1 Å². The molecule has 1 unspecified atom stereocenters. The summed E-state index contributed by atoms with van der Waals surface area (Å²) in [5, 5.41) is 1.88. The predicted molar refractivity (Wildman–Crippen MR) is 140 cm³/mol. The van der Waals surface area contributed by atoms with Crippen LogP contribution < -0.4 is 10.2 Å². The van der Waals surface area contributed by atoms with Gasteiger partial charge in [-0.15, -0.1) is 0 Å². The van der Waals surface area contributed by atoms with Gasteiger partial charge in [0.1, 0.15) is 5.75 Å². The van der Waals surface area contributed by atoms with E-state index in [9.17, 15) is 8.42 Å². The molecule has 0 aliphatic heterocycles. The van der Waals surface area contributed by atoms with Crippen molar-refractivity contribution in [3.63, 3.8) is 0 Å². The lowest BCUT2D eigenvalue weighted by Crippen LogP contribution is -2.42. The molecule has 2 aromatic carbocycles. The molecule has 0 saturated heterocycles. The molecule has 1 atom stereocenters. The molecule has 7 nitrogen and oxygen atoms in total. The zero-order chi connectivity index (χ0) is 25.0. The van der Waals surface area contributed by atoms with Gasteiger partial charge in [-0.05, 0) is 56.7 Å². The van der Waals surface area contributed by atoms with E-state index in [1.165, 1.54) is 0 Å². The quantitative estimate of drug-likeness (QED) is 0.286. The normalized spacial score (nSPS) is 13.1. The molecule has 190 valence electrons. The Kier molecular flexibility index (Phi) is 12.0. The summed E-state index contributed by atoms with van der Waals surface area (Å²) in [6.45, 7) is 11.0. The SMILES string of the molecule is CCN(CC)CCCOc1ccc(C(C)N(CCN(C)NC)S(=O)(=O)Cc2ccccc2)cc1. The van der Waals surface area contributed by atoms with Crippen LogP contribution in [0.4, 0.5) is 0 Å². The highest BCUT2D eigenvalue weighted by molar-refractivity contribution is 7.88. The predicted octanol–water partition coefficient (Wildman–Crippen LogP) is 3.76. The van der Waals surface area contributed by atoms with Gasteiger partial charge in [0, 0.05) is 32.7 Å². The van der Waals surface area contributed by atoms with Crippen molar-refractivity contribution < 1.29 is 13.2 Å². The molecule has 0 aliphatic carbocycles. The summed E-state index contributed by atoms with van der Waals surface area (Å²) in [6.07, 6.45) is 0.977. The molecule has 0 spiro atoms. The van der Waals surface area contributed by atoms with Crippen molar-refractivity contribution in [1.82, 2.24) is 19.6 Å². The number of hydrogen-bond donors (Lipinski definition) is 1. The summed E-state index contributed by atoms with van der Waals surface area (Å²) in [5.74, 6) is 0.791. The summed E-state index contributed by atoms with van der Waals surface area (Å²) < 4.78 is 34.4. The Hall–Kier alpha value is -1.97. The van der Waals surface area contributed by atoms with Gasteiger partial charge in [0.05, 0.1) is 12.4 Å². The highest BCUT2D eigenvalue weighted by Crippen LogP contribution is 2.27. The lowest BCUT2D eigenvalue weighted by Gasteiger charge is -2.30. The third-order valence-corrected chi connectivity index (χ3v) is 8.07. The van der Waals surface area contributed by atoms with Crippen LogP contribution in [0.5, 0.6) is 5.75 Å². The molecule has 0 aliphatic rings. The molecule has 0 heterocycles. The highest BCUT2D eigenvalue weighted by Gasteiger charge is 2.28. The van der Waals surface area contributed by atoms with Crippen LogP contribution in [0.25, 0.3) is 0 Å². The summed E-state index contributed by atoms with van der Waals surface area (Å²) in [5.41, 5.74) is 4.77. The van der Waals surface area contributed by atoms with Gasteiger partial charge in [0.25, 0.3) is 0 Å². The fourth-order valence-corrected chi connectivity index (χ4v) is 5.57. The van der Waals surface area contributed by atoms with Crippen molar-refractivity contribution in [1.29, 1.82) is 0 Å². The number of sulfonamides is 1. The number of nitrogens with one attached hydrogen (secondary N) is 1. The Morgan fingerprint density at radius 1 is 0.941 bits per heavy atom.